The van der Waals surface area contributed by atoms with E-state index in [0.29, 0.717) is 11.5 Å². The van der Waals surface area contributed by atoms with Gasteiger partial charge >= 0.3 is 0 Å². The van der Waals surface area contributed by atoms with Gasteiger partial charge < -0.3 is 0 Å². The molecule has 5 rings (SSSR count). The van der Waals surface area contributed by atoms with Crippen molar-refractivity contribution in [3.05, 3.63) is 0 Å². The maximum atomic E-state index is 9.65. The van der Waals surface area contributed by atoms with E-state index in [2.05, 4.69) is 18.3 Å². The van der Waals surface area contributed by atoms with Crippen molar-refractivity contribution in [2.24, 2.45) is 23.2 Å². The summed E-state index contributed by atoms with van der Waals surface area (Å²) in [6.07, 6.45) is 12.4. The summed E-state index contributed by atoms with van der Waals surface area (Å²) in [4.78, 5) is 0. The van der Waals surface area contributed by atoms with Crippen molar-refractivity contribution in [2.75, 3.05) is 0 Å². The summed E-state index contributed by atoms with van der Waals surface area (Å²) in [6, 6.07) is 3.25. The molecule has 1 atom stereocenters. The number of hydrogen-bond acceptors (Lipinski definition) is 2. The van der Waals surface area contributed by atoms with Crippen LogP contribution in [0, 0.1) is 34.5 Å². The van der Waals surface area contributed by atoms with Crippen molar-refractivity contribution >= 4 is 0 Å². The Kier molecular flexibility index (Phi) is 2.56. The van der Waals surface area contributed by atoms with Gasteiger partial charge in [0.15, 0.2) is 0 Å². The Bertz CT molecular complexity index is 382. The molecule has 0 aliphatic heterocycles. The molecule has 0 aromatic heterocycles. The van der Waals surface area contributed by atoms with Crippen LogP contribution in [0.1, 0.15) is 64.7 Å². The molecule has 0 aromatic rings. The second kappa shape index (κ2) is 3.98. The fraction of sp³-hybridized carbons (Fsp3) is 0.941. The maximum Gasteiger partial charge on any atom is 0.104 e. The Balaban J connectivity index is 1.53. The normalized spacial score (nSPS) is 46.8. The van der Waals surface area contributed by atoms with Crippen molar-refractivity contribution < 1.29 is 0 Å². The van der Waals surface area contributed by atoms with Crippen LogP contribution in [0.2, 0.25) is 0 Å². The molecule has 5 saturated carbocycles. The molecule has 2 nitrogen and oxygen atoms in total. The molecule has 1 unspecified atom stereocenters. The second-order valence-corrected chi connectivity index (χ2v) is 8.46. The summed E-state index contributed by atoms with van der Waals surface area (Å²) in [7, 11) is 0. The lowest BCUT2D eigenvalue weighted by molar-refractivity contribution is -0.0657. The highest BCUT2D eigenvalue weighted by atomic mass is 15.0. The van der Waals surface area contributed by atoms with Crippen LogP contribution in [-0.4, -0.2) is 11.6 Å². The van der Waals surface area contributed by atoms with Crippen LogP contribution in [-0.2, 0) is 0 Å². The van der Waals surface area contributed by atoms with Crippen molar-refractivity contribution in [3.63, 3.8) is 0 Å². The van der Waals surface area contributed by atoms with E-state index in [0.717, 1.165) is 24.2 Å². The summed E-state index contributed by atoms with van der Waals surface area (Å²) in [6.45, 7) is 2.16. The molecule has 4 bridgehead atoms. The van der Waals surface area contributed by atoms with Gasteiger partial charge in [0.2, 0.25) is 0 Å². The van der Waals surface area contributed by atoms with Gasteiger partial charge in [0.1, 0.15) is 5.54 Å². The Hall–Kier alpha value is -0.550. The molecule has 5 aliphatic carbocycles. The summed E-state index contributed by atoms with van der Waals surface area (Å²) >= 11 is 0. The van der Waals surface area contributed by atoms with E-state index < -0.39 is 0 Å². The monoisotopic (exact) mass is 258 g/mol. The second-order valence-electron chi connectivity index (χ2n) is 8.46. The lowest BCUT2D eigenvalue weighted by atomic mass is 9.47. The summed E-state index contributed by atoms with van der Waals surface area (Å²) in [5.41, 5.74) is 0.244. The van der Waals surface area contributed by atoms with Crippen LogP contribution in [0.25, 0.3) is 0 Å². The lowest BCUT2D eigenvalue weighted by Gasteiger charge is -2.58. The van der Waals surface area contributed by atoms with Gasteiger partial charge in [0.25, 0.3) is 0 Å². The number of nitrogens with one attached hydrogen (secondary N) is 1. The van der Waals surface area contributed by atoms with E-state index in [4.69, 9.17) is 0 Å². The van der Waals surface area contributed by atoms with Crippen molar-refractivity contribution in [3.8, 4) is 6.07 Å². The minimum Gasteiger partial charge on any atom is -0.297 e. The number of hydrogen-bond donors (Lipinski definition) is 1. The van der Waals surface area contributed by atoms with E-state index in [-0.39, 0.29) is 5.54 Å². The van der Waals surface area contributed by atoms with Crippen LogP contribution >= 0.6 is 0 Å². The van der Waals surface area contributed by atoms with E-state index in [1.165, 1.54) is 51.4 Å². The predicted molar refractivity (Wildman–Crippen MR) is 75.4 cm³/mol. The SMILES string of the molecule is CC(C#N)(CC12CC3CC(CC(C3)C1)C2)NC1CC1. The van der Waals surface area contributed by atoms with Crippen molar-refractivity contribution in [2.45, 2.75) is 76.3 Å². The molecule has 2 heteroatoms. The Morgan fingerprint density at radius 1 is 1.11 bits per heavy atom. The third-order valence-electron chi connectivity index (χ3n) is 6.24. The molecule has 0 saturated heterocycles. The first-order chi connectivity index (χ1) is 9.08. The topological polar surface area (TPSA) is 35.8 Å². The molecular weight excluding hydrogens is 232 g/mol. The molecule has 0 radical (unpaired) electrons. The van der Waals surface area contributed by atoms with Gasteiger partial charge in [-0.05, 0) is 87.9 Å². The summed E-state index contributed by atoms with van der Waals surface area (Å²) in [5, 5.41) is 13.3. The zero-order valence-electron chi connectivity index (χ0n) is 12.1. The van der Waals surface area contributed by atoms with Gasteiger partial charge in [0.05, 0.1) is 6.07 Å². The molecule has 0 aromatic carbocycles. The average molecular weight is 258 g/mol. The Morgan fingerprint density at radius 2 is 1.63 bits per heavy atom. The van der Waals surface area contributed by atoms with Crippen LogP contribution < -0.4 is 5.32 Å². The van der Waals surface area contributed by atoms with Gasteiger partial charge in [-0.15, -0.1) is 0 Å². The largest absolute Gasteiger partial charge is 0.297 e. The van der Waals surface area contributed by atoms with Gasteiger partial charge in [-0.2, -0.15) is 5.26 Å². The molecule has 5 fully saturated rings. The third-order valence-corrected chi connectivity index (χ3v) is 6.24. The number of nitriles is 1. The van der Waals surface area contributed by atoms with Crippen molar-refractivity contribution in [1.29, 1.82) is 5.26 Å². The standard InChI is InChI=1S/C17H26N2/c1-16(11-18,19-15-2-3-15)10-17-7-12-4-13(8-17)6-14(5-12)9-17/h12-15,19H,2-10H2,1H3. The molecule has 104 valence electrons. The fourth-order valence-corrected chi connectivity index (χ4v) is 6.06. The van der Waals surface area contributed by atoms with E-state index in [1.54, 1.807) is 0 Å². The minimum absolute atomic E-state index is 0.271. The minimum atomic E-state index is -0.271. The van der Waals surface area contributed by atoms with Gasteiger partial charge in [0, 0.05) is 6.04 Å². The van der Waals surface area contributed by atoms with Crippen LogP contribution in [0.5, 0.6) is 0 Å². The highest BCUT2D eigenvalue weighted by molar-refractivity contribution is 5.13. The number of nitrogens with zero attached hydrogens (tertiary/aromatic N) is 1. The van der Waals surface area contributed by atoms with Gasteiger partial charge in [-0.25, -0.2) is 0 Å². The van der Waals surface area contributed by atoms with Crippen LogP contribution in [0.15, 0.2) is 0 Å². The maximum absolute atomic E-state index is 9.65. The molecule has 0 heterocycles. The highest BCUT2D eigenvalue weighted by Crippen LogP contribution is 2.62. The zero-order chi connectivity index (χ0) is 13.1. The van der Waals surface area contributed by atoms with E-state index in [9.17, 15) is 5.26 Å². The first kappa shape index (κ1) is 12.2. The van der Waals surface area contributed by atoms with Crippen LogP contribution in [0.4, 0.5) is 0 Å². The fourth-order valence-electron chi connectivity index (χ4n) is 6.06. The quantitative estimate of drug-likeness (QED) is 0.836. The first-order valence-electron chi connectivity index (χ1n) is 8.27. The van der Waals surface area contributed by atoms with Crippen molar-refractivity contribution in [1.82, 2.24) is 5.32 Å². The van der Waals surface area contributed by atoms with Gasteiger partial charge in [-0.3, -0.25) is 5.32 Å². The molecule has 1 N–H and O–H groups in total. The Labute approximate surface area is 116 Å². The Morgan fingerprint density at radius 3 is 2.05 bits per heavy atom. The first-order valence-corrected chi connectivity index (χ1v) is 8.27. The average Bonchev–Trinajstić information content (AvgIpc) is 3.10. The smallest absolute Gasteiger partial charge is 0.104 e. The van der Waals surface area contributed by atoms with E-state index >= 15 is 0 Å². The lowest BCUT2D eigenvalue weighted by Crippen LogP contribution is -2.53. The van der Waals surface area contributed by atoms with Crippen LogP contribution in [0.3, 0.4) is 0 Å². The summed E-state index contributed by atoms with van der Waals surface area (Å²) < 4.78 is 0. The molecule has 0 amide bonds. The zero-order valence-corrected chi connectivity index (χ0v) is 12.1. The third kappa shape index (κ3) is 2.21. The summed E-state index contributed by atoms with van der Waals surface area (Å²) in [5.74, 6) is 2.99. The molecule has 19 heavy (non-hydrogen) atoms. The predicted octanol–water partition coefficient (Wildman–Crippen LogP) is 3.63. The van der Waals surface area contributed by atoms with E-state index in [1.807, 2.05) is 0 Å². The number of rotatable bonds is 4. The molecule has 5 aliphatic rings. The molecule has 0 spiro atoms. The molecular formula is C17H26N2. The highest BCUT2D eigenvalue weighted by Gasteiger charge is 2.53. The van der Waals surface area contributed by atoms with Gasteiger partial charge in [-0.1, -0.05) is 0 Å².